The second kappa shape index (κ2) is 6.90. The molecule has 6 nitrogen and oxygen atoms in total. The maximum absolute atomic E-state index is 12.5. The predicted molar refractivity (Wildman–Crippen MR) is 108 cm³/mol. The predicted octanol–water partition coefficient (Wildman–Crippen LogP) is 3.12. The average molecular weight is 382 g/mol. The van der Waals surface area contributed by atoms with E-state index in [1.165, 1.54) is 18.1 Å². The van der Waals surface area contributed by atoms with Crippen LogP contribution in [0.15, 0.2) is 23.0 Å². The van der Waals surface area contributed by atoms with Gasteiger partial charge in [-0.15, -0.1) is 11.3 Å². The van der Waals surface area contributed by atoms with Gasteiger partial charge in [0.05, 0.1) is 11.9 Å². The van der Waals surface area contributed by atoms with Gasteiger partial charge in [-0.1, -0.05) is 12.1 Å². The molecule has 0 saturated heterocycles. The maximum Gasteiger partial charge on any atom is 0.259 e. The van der Waals surface area contributed by atoms with Crippen molar-refractivity contribution in [1.82, 2.24) is 14.9 Å². The van der Waals surface area contributed by atoms with Gasteiger partial charge in [0.2, 0.25) is 5.91 Å². The number of H-pyrrole nitrogens is 1. The molecule has 2 N–H and O–H groups in total. The molecule has 3 aromatic rings. The average Bonchev–Trinajstić information content (AvgIpc) is 2.89. The Bertz CT molecular complexity index is 1100. The summed E-state index contributed by atoms with van der Waals surface area (Å²) in [6, 6.07) is 6.01. The molecule has 27 heavy (non-hydrogen) atoms. The third-order valence-electron chi connectivity index (χ3n) is 5.12. The highest BCUT2D eigenvalue weighted by Gasteiger charge is 2.20. The molecular formula is C20H22N4O2S. The monoisotopic (exact) mass is 382 g/mol. The Balaban J connectivity index is 1.58. The van der Waals surface area contributed by atoms with E-state index >= 15 is 0 Å². The van der Waals surface area contributed by atoms with Crippen LogP contribution in [0.2, 0.25) is 0 Å². The number of thiophene rings is 1. The third-order valence-corrected chi connectivity index (χ3v) is 6.22. The summed E-state index contributed by atoms with van der Waals surface area (Å²) >= 11 is 1.58. The number of nitrogens with one attached hydrogen (secondary N) is 2. The molecule has 0 aliphatic carbocycles. The highest BCUT2D eigenvalue weighted by atomic mass is 32.1. The second-order valence-corrected chi connectivity index (χ2v) is 8.26. The SMILES string of the molecule is CC(=O)Nc1cccc2c1CCN(Cc1nc3sc(C)c(C)c3c(=O)[nH]1)C2. The molecule has 140 valence electrons. The van der Waals surface area contributed by atoms with Gasteiger partial charge in [0, 0.05) is 30.6 Å². The zero-order chi connectivity index (χ0) is 19.1. The first-order chi connectivity index (χ1) is 12.9. The number of aryl methyl sites for hydroxylation is 2. The van der Waals surface area contributed by atoms with Gasteiger partial charge < -0.3 is 10.3 Å². The van der Waals surface area contributed by atoms with Crippen LogP contribution in [0.3, 0.4) is 0 Å². The van der Waals surface area contributed by atoms with Gasteiger partial charge in [-0.05, 0) is 43.0 Å². The summed E-state index contributed by atoms with van der Waals surface area (Å²) in [6.07, 6.45) is 0.857. The Hall–Kier alpha value is -2.51. The summed E-state index contributed by atoms with van der Waals surface area (Å²) in [5.74, 6) is 0.651. The van der Waals surface area contributed by atoms with Gasteiger partial charge in [-0.3, -0.25) is 14.5 Å². The van der Waals surface area contributed by atoms with E-state index < -0.39 is 0 Å². The van der Waals surface area contributed by atoms with Gasteiger partial charge in [-0.25, -0.2) is 4.98 Å². The van der Waals surface area contributed by atoms with Gasteiger partial charge in [0.1, 0.15) is 10.7 Å². The number of carbonyl (C=O) groups excluding carboxylic acids is 1. The van der Waals surface area contributed by atoms with Crippen molar-refractivity contribution in [3.8, 4) is 0 Å². The fraction of sp³-hybridized carbons (Fsp3) is 0.350. The molecule has 4 rings (SSSR count). The Morgan fingerprint density at radius 2 is 2.19 bits per heavy atom. The largest absolute Gasteiger partial charge is 0.326 e. The first kappa shape index (κ1) is 17.9. The summed E-state index contributed by atoms with van der Waals surface area (Å²) in [4.78, 5) is 35.7. The Morgan fingerprint density at radius 1 is 1.37 bits per heavy atom. The van der Waals surface area contributed by atoms with Gasteiger partial charge in [-0.2, -0.15) is 0 Å². The van der Waals surface area contributed by atoms with E-state index in [1.54, 1.807) is 11.3 Å². The van der Waals surface area contributed by atoms with Crippen LogP contribution in [-0.4, -0.2) is 27.3 Å². The van der Waals surface area contributed by atoms with E-state index in [2.05, 4.69) is 26.3 Å². The zero-order valence-corrected chi connectivity index (χ0v) is 16.5. The number of amides is 1. The quantitative estimate of drug-likeness (QED) is 0.730. The number of nitrogens with zero attached hydrogens (tertiary/aromatic N) is 2. The van der Waals surface area contributed by atoms with E-state index in [0.29, 0.717) is 17.8 Å². The van der Waals surface area contributed by atoms with Crippen LogP contribution >= 0.6 is 11.3 Å². The maximum atomic E-state index is 12.5. The standard InChI is InChI=1S/C20H22N4O2S/c1-11-12(2)27-20-18(11)19(26)22-17(23-20)10-24-8-7-15-14(9-24)5-4-6-16(15)21-13(3)25/h4-6H,7-10H2,1-3H3,(H,21,25)(H,22,23,26). The van der Waals surface area contributed by atoms with E-state index in [4.69, 9.17) is 0 Å². The third kappa shape index (κ3) is 3.40. The van der Waals surface area contributed by atoms with Crippen LogP contribution in [-0.2, 0) is 24.3 Å². The lowest BCUT2D eigenvalue weighted by Gasteiger charge is -2.29. The molecule has 0 fully saturated rings. The molecular weight excluding hydrogens is 360 g/mol. The molecule has 0 radical (unpaired) electrons. The number of rotatable bonds is 3. The van der Waals surface area contributed by atoms with Crippen LogP contribution < -0.4 is 10.9 Å². The summed E-state index contributed by atoms with van der Waals surface area (Å²) in [6.45, 7) is 7.75. The summed E-state index contributed by atoms with van der Waals surface area (Å²) < 4.78 is 0. The minimum absolute atomic E-state index is 0.0533. The van der Waals surface area contributed by atoms with E-state index in [0.717, 1.165) is 40.5 Å². The molecule has 1 aliphatic heterocycles. The molecule has 2 aromatic heterocycles. The minimum Gasteiger partial charge on any atom is -0.326 e. The Labute approximate surface area is 161 Å². The topological polar surface area (TPSA) is 78.1 Å². The molecule has 1 amide bonds. The smallest absolute Gasteiger partial charge is 0.259 e. The van der Waals surface area contributed by atoms with Crippen LogP contribution in [0.1, 0.15) is 34.3 Å². The van der Waals surface area contributed by atoms with Crippen molar-refractivity contribution in [3.63, 3.8) is 0 Å². The summed E-state index contributed by atoms with van der Waals surface area (Å²) in [5.41, 5.74) is 4.27. The minimum atomic E-state index is -0.0535. The number of hydrogen-bond acceptors (Lipinski definition) is 5. The number of carbonyl (C=O) groups is 1. The van der Waals surface area contributed by atoms with E-state index in [9.17, 15) is 9.59 Å². The van der Waals surface area contributed by atoms with Crippen molar-refractivity contribution in [2.45, 2.75) is 40.3 Å². The lowest BCUT2D eigenvalue weighted by Crippen LogP contribution is -2.32. The first-order valence-electron chi connectivity index (χ1n) is 9.02. The number of aromatic nitrogens is 2. The molecule has 0 bridgehead atoms. The van der Waals surface area contributed by atoms with Crippen molar-refractivity contribution in [3.05, 3.63) is 55.9 Å². The fourth-order valence-electron chi connectivity index (χ4n) is 3.70. The number of fused-ring (bicyclic) bond motifs is 2. The number of benzene rings is 1. The molecule has 0 unspecified atom stereocenters. The highest BCUT2D eigenvalue weighted by Crippen LogP contribution is 2.28. The number of anilines is 1. The molecule has 1 aliphatic rings. The van der Waals surface area contributed by atoms with Gasteiger partial charge >= 0.3 is 0 Å². The van der Waals surface area contributed by atoms with E-state index in [1.807, 2.05) is 26.0 Å². The van der Waals surface area contributed by atoms with Crippen molar-refractivity contribution in [2.75, 3.05) is 11.9 Å². The van der Waals surface area contributed by atoms with Crippen molar-refractivity contribution < 1.29 is 4.79 Å². The molecule has 7 heteroatoms. The van der Waals surface area contributed by atoms with E-state index in [-0.39, 0.29) is 11.5 Å². The number of hydrogen-bond donors (Lipinski definition) is 2. The molecule has 0 saturated carbocycles. The van der Waals surface area contributed by atoms with Crippen LogP contribution in [0.25, 0.3) is 10.2 Å². The normalized spacial score (nSPS) is 14.3. The van der Waals surface area contributed by atoms with Crippen LogP contribution in [0.4, 0.5) is 5.69 Å². The first-order valence-corrected chi connectivity index (χ1v) is 9.83. The Kier molecular flexibility index (Phi) is 4.57. The van der Waals surface area contributed by atoms with Crippen molar-refractivity contribution in [1.29, 1.82) is 0 Å². The van der Waals surface area contributed by atoms with Crippen molar-refractivity contribution >= 4 is 33.1 Å². The molecule has 0 atom stereocenters. The second-order valence-electron chi connectivity index (χ2n) is 7.06. The molecule has 0 spiro atoms. The summed E-state index contributed by atoms with van der Waals surface area (Å²) in [7, 11) is 0. The van der Waals surface area contributed by atoms with Crippen LogP contribution in [0.5, 0.6) is 0 Å². The van der Waals surface area contributed by atoms with Crippen molar-refractivity contribution in [2.24, 2.45) is 0 Å². The van der Waals surface area contributed by atoms with Gasteiger partial charge in [0.25, 0.3) is 5.56 Å². The fourth-order valence-corrected chi connectivity index (χ4v) is 4.74. The lowest BCUT2D eigenvalue weighted by molar-refractivity contribution is -0.114. The number of aromatic amines is 1. The highest BCUT2D eigenvalue weighted by molar-refractivity contribution is 7.18. The summed E-state index contributed by atoms with van der Waals surface area (Å²) in [5, 5.41) is 3.63. The van der Waals surface area contributed by atoms with Crippen LogP contribution in [0, 0.1) is 13.8 Å². The van der Waals surface area contributed by atoms with Gasteiger partial charge in [0.15, 0.2) is 0 Å². The zero-order valence-electron chi connectivity index (χ0n) is 15.7. The molecule has 1 aromatic carbocycles. The Morgan fingerprint density at radius 3 is 2.96 bits per heavy atom. The molecule has 3 heterocycles. The lowest BCUT2D eigenvalue weighted by atomic mass is 9.97.